The maximum atomic E-state index is 12.0. The van der Waals surface area contributed by atoms with Gasteiger partial charge in [0.1, 0.15) is 0 Å². The lowest BCUT2D eigenvalue weighted by atomic mass is 10.2. The van der Waals surface area contributed by atoms with Crippen LogP contribution in [0.1, 0.15) is 17.3 Å². The molecule has 0 bridgehead atoms. The lowest BCUT2D eigenvalue weighted by Gasteiger charge is -2.12. The summed E-state index contributed by atoms with van der Waals surface area (Å²) in [6, 6.07) is 3.84. The summed E-state index contributed by atoms with van der Waals surface area (Å²) in [5.74, 6) is -0.780. The zero-order valence-electron chi connectivity index (χ0n) is 10.6. The molecule has 0 aliphatic heterocycles. The topological polar surface area (TPSA) is 119 Å². The second kappa shape index (κ2) is 6.00. The summed E-state index contributed by atoms with van der Waals surface area (Å²) in [5, 5.41) is 9.10. The van der Waals surface area contributed by atoms with E-state index in [1.54, 1.807) is 0 Å². The maximum Gasteiger partial charge on any atom is 0.339 e. The Hall–Kier alpha value is -1.64. The molecule has 7 nitrogen and oxygen atoms in total. The molecule has 0 saturated carbocycles. The molecule has 0 aromatic heterocycles. The Bertz CT molecular complexity index is 568. The number of hydrogen-bond acceptors (Lipinski definition) is 6. The van der Waals surface area contributed by atoms with Crippen molar-refractivity contribution in [3.63, 3.8) is 0 Å². The molecular weight excluding hydrogens is 272 g/mol. The number of carbonyl (C=O) groups is 1. The molecule has 4 N–H and O–H groups in total. The fourth-order valence-electron chi connectivity index (χ4n) is 1.35. The molecule has 0 spiro atoms. The van der Waals surface area contributed by atoms with E-state index in [9.17, 15) is 13.2 Å². The van der Waals surface area contributed by atoms with Crippen LogP contribution in [0.15, 0.2) is 23.1 Å². The summed E-state index contributed by atoms with van der Waals surface area (Å²) in [4.78, 5) is 11.2. The van der Waals surface area contributed by atoms with Crippen LogP contribution in [0.3, 0.4) is 0 Å². The monoisotopic (exact) mass is 288 g/mol. The Kier molecular flexibility index (Phi) is 4.87. The van der Waals surface area contributed by atoms with Crippen molar-refractivity contribution in [3.8, 4) is 0 Å². The van der Waals surface area contributed by atoms with Gasteiger partial charge in [-0.1, -0.05) is 0 Å². The molecule has 0 saturated heterocycles. The highest BCUT2D eigenvalue weighted by atomic mass is 32.2. The summed E-state index contributed by atoms with van der Waals surface area (Å²) < 4.78 is 30.8. The number of nitrogen functional groups attached to an aromatic ring is 1. The number of nitrogens with one attached hydrogen (secondary N) is 1. The van der Waals surface area contributed by atoms with Crippen molar-refractivity contribution in [2.75, 3.05) is 19.4 Å². The van der Waals surface area contributed by atoms with Gasteiger partial charge < -0.3 is 15.6 Å². The van der Waals surface area contributed by atoms with Crippen LogP contribution in [0, 0.1) is 0 Å². The van der Waals surface area contributed by atoms with Gasteiger partial charge in [-0.25, -0.2) is 17.9 Å². The predicted octanol–water partition coefficient (Wildman–Crippen LogP) is -0.286. The van der Waals surface area contributed by atoms with Crippen LogP contribution in [-0.4, -0.2) is 39.3 Å². The average Bonchev–Trinajstić information content (AvgIpc) is 2.35. The number of aliphatic hydroxyl groups is 1. The van der Waals surface area contributed by atoms with Crippen LogP contribution >= 0.6 is 0 Å². The number of methoxy groups -OCH3 is 1. The Morgan fingerprint density at radius 3 is 2.68 bits per heavy atom. The molecule has 0 heterocycles. The molecule has 0 radical (unpaired) electrons. The highest BCUT2D eigenvalue weighted by molar-refractivity contribution is 7.89. The van der Waals surface area contributed by atoms with Crippen molar-refractivity contribution in [3.05, 3.63) is 23.8 Å². The van der Waals surface area contributed by atoms with E-state index in [4.69, 9.17) is 10.8 Å². The van der Waals surface area contributed by atoms with Gasteiger partial charge in [0.2, 0.25) is 10.0 Å². The number of aliphatic hydroxyl groups excluding tert-OH is 1. The molecule has 19 heavy (non-hydrogen) atoms. The first-order valence-corrected chi connectivity index (χ1v) is 6.92. The summed E-state index contributed by atoms with van der Waals surface area (Å²) in [5.41, 5.74) is 5.61. The van der Waals surface area contributed by atoms with E-state index in [0.29, 0.717) is 0 Å². The second-order valence-electron chi connectivity index (χ2n) is 3.95. The van der Waals surface area contributed by atoms with E-state index in [1.165, 1.54) is 19.1 Å². The van der Waals surface area contributed by atoms with Gasteiger partial charge >= 0.3 is 5.97 Å². The summed E-state index contributed by atoms with van der Waals surface area (Å²) in [7, 11) is -2.80. The standard InChI is InChI=1S/C11H16N2O5S/c1-7(14)6-13-19(16,17)10-5-8(12)3-4-9(10)11(15)18-2/h3-5,7,13-14H,6,12H2,1-2H3/t7-/m0/s1. The first kappa shape index (κ1) is 15.4. The third kappa shape index (κ3) is 3.91. The molecule has 106 valence electrons. The minimum atomic E-state index is -3.95. The van der Waals surface area contributed by atoms with E-state index < -0.39 is 22.1 Å². The third-order valence-electron chi connectivity index (χ3n) is 2.27. The molecule has 1 atom stereocenters. The smallest absolute Gasteiger partial charge is 0.339 e. The zero-order valence-corrected chi connectivity index (χ0v) is 11.4. The number of benzene rings is 1. The quantitative estimate of drug-likeness (QED) is 0.506. The van der Waals surface area contributed by atoms with E-state index in [0.717, 1.165) is 13.2 Å². The van der Waals surface area contributed by atoms with Crippen LogP contribution in [0.4, 0.5) is 5.69 Å². The minimum Gasteiger partial charge on any atom is -0.465 e. The maximum absolute atomic E-state index is 12.0. The molecule has 1 rings (SSSR count). The van der Waals surface area contributed by atoms with E-state index >= 15 is 0 Å². The van der Waals surface area contributed by atoms with Crippen LogP contribution in [-0.2, 0) is 14.8 Å². The van der Waals surface area contributed by atoms with Crippen LogP contribution in [0.25, 0.3) is 0 Å². The van der Waals surface area contributed by atoms with E-state index in [-0.39, 0.29) is 22.7 Å². The van der Waals surface area contributed by atoms with Gasteiger partial charge in [-0.3, -0.25) is 0 Å². The Morgan fingerprint density at radius 2 is 2.16 bits per heavy atom. The molecule has 0 aliphatic carbocycles. The summed E-state index contributed by atoms with van der Waals surface area (Å²) >= 11 is 0. The van der Waals surface area contributed by atoms with Gasteiger partial charge in [-0.2, -0.15) is 0 Å². The highest BCUT2D eigenvalue weighted by Gasteiger charge is 2.23. The van der Waals surface area contributed by atoms with Crippen LogP contribution < -0.4 is 10.5 Å². The number of sulfonamides is 1. The highest BCUT2D eigenvalue weighted by Crippen LogP contribution is 2.19. The Labute approximate surface area is 111 Å². The fraction of sp³-hybridized carbons (Fsp3) is 0.364. The number of carbonyl (C=O) groups excluding carboxylic acids is 1. The van der Waals surface area contributed by atoms with Gasteiger partial charge in [-0.05, 0) is 25.1 Å². The van der Waals surface area contributed by atoms with Crippen LogP contribution in [0.5, 0.6) is 0 Å². The number of hydrogen-bond donors (Lipinski definition) is 3. The molecule has 1 aromatic rings. The lowest BCUT2D eigenvalue weighted by Crippen LogP contribution is -2.31. The van der Waals surface area contributed by atoms with Gasteiger partial charge in [0, 0.05) is 12.2 Å². The van der Waals surface area contributed by atoms with Gasteiger partial charge in [0.15, 0.2) is 0 Å². The van der Waals surface area contributed by atoms with Crippen molar-refractivity contribution < 1.29 is 23.1 Å². The molecular formula is C11H16N2O5S. The first-order chi connectivity index (χ1) is 8.77. The molecule has 8 heteroatoms. The number of nitrogens with two attached hydrogens (primary N) is 1. The van der Waals surface area contributed by atoms with Gasteiger partial charge in [0.25, 0.3) is 0 Å². The summed E-state index contributed by atoms with van der Waals surface area (Å²) in [6.45, 7) is 1.26. The van der Waals surface area contributed by atoms with Crippen molar-refractivity contribution in [1.29, 1.82) is 0 Å². The largest absolute Gasteiger partial charge is 0.465 e. The Morgan fingerprint density at radius 1 is 1.53 bits per heavy atom. The molecule has 0 aliphatic rings. The van der Waals surface area contributed by atoms with Crippen molar-refractivity contribution in [2.24, 2.45) is 0 Å². The zero-order chi connectivity index (χ0) is 14.6. The fourth-order valence-corrected chi connectivity index (χ4v) is 2.70. The molecule has 1 aromatic carbocycles. The minimum absolute atomic E-state index is 0.116. The average molecular weight is 288 g/mol. The number of rotatable bonds is 5. The number of anilines is 1. The summed E-state index contributed by atoms with van der Waals surface area (Å²) in [6.07, 6.45) is -0.850. The third-order valence-corrected chi connectivity index (χ3v) is 3.73. The van der Waals surface area contributed by atoms with Crippen molar-refractivity contribution >= 4 is 21.7 Å². The molecule has 0 fully saturated rings. The van der Waals surface area contributed by atoms with E-state index in [2.05, 4.69) is 9.46 Å². The number of ether oxygens (including phenoxy) is 1. The second-order valence-corrected chi connectivity index (χ2v) is 5.68. The SMILES string of the molecule is COC(=O)c1ccc(N)cc1S(=O)(=O)NC[C@H](C)O. The number of esters is 1. The predicted molar refractivity (Wildman–Crippen MR) is 69.1 cm³/mol. The van der Waals surface area contributed by atoms with Gasteiger partial charge in [-0.15, -0.1) is 0 Å². The van der Waals surface area contributed by atoms with E-state index in [1.807, 2.05) is 0 Å². The Balaban J connectivity index is 3.24. The van der Waals surface area contributed by atoms with Crippen molar-refractivity contribution in [1.82, 2.24) is 4.72 Å². The van der Waals surface area contributed by atoms with Crippen LogP contribution in [0.2, 0.25) is 0 Å². The molecule has 0 amide bonds. The lowest BCUT2D eigenvalue weighted by molar-refractivity contribution is 0.0596. The molecule has 0 unspecified atom stereocenters. The van der Waals surface area contributed by atoms with Gasteiger partial charge in [0.05, 0.1) is 23.7 Å². The normalized spacial score (nSPS) is 13.0. The first-order valence-electron chi connectivity index (χ1n) is 5.43. The van der Waals surface area contributed by atoms with Crippen molar-refractivity contribution in [2.45, 2.75) is 17.9 Å².